The molecule has 1 N–H and O–H groups in total. The molecule has 0 aromatic heterocycles. The van der Waals surface area contributed by atoms with Gasteiger partial charge in [-0.2, -0.15) is 0 Å². The molecule has 0 aliphatic rings. The van der Waals surface area contributed by atoms with Crippen LogP contribution in [0, 0.1) is 17.0 Å². The molecule has 124 valence electrons. The molecule has 0 atom stereocenters. The Balaban J connectivity index is 1.99. The Morgan fingerprint density at radius 2 is 1.96 bits per heavy atom. The Hall–Kier alpha value is -2.93. The number of carbonyl (C=O) groups excluding carboxylic acids is 2. The van der Waals surface area contributed by atoms with E-state index in [1.807, 2.05) is 0 Å². The van der Waals surface area contributed by atoms with Crippen molar-refractivity contribution in [1.82, 2.24) is 0 Å². The number of amides is 1. The maximum atomic E-state index is 11.9. The third-order valence-electron chi connectivity index (χ3n) is 3.12. The van der Waals surface area contributed by atoms with Gasteiger partial charge in [0.2, 0.25) is 0 Å². The van der Waals surface area contributed by atoms with Gasteiger partial charge in [-0.3, -0.25) is 14.9 Å². The maximum absolute atomic E-state index is 11.9. The standard InChI is InChI=1S/C16H13ClN2O5/c1-10-8-11(17)6-7-13(10)18-15(20)9-24-16(21)12-4-2-3-5-14(12)19(22)23/h2-8H,9H2,1H3,(H,18,20). The third-order valence-corrected chi connectivity index (χ3v) is 3.35. The van der Waals surface area contributed by atoms with Crippen LogP contribution in [0.5, 0.6) is 0 Å². The first-order chi connectivity index (χ1) is 11.4. The van der Waals surface area contributed by atoms with Gasteiger partial charge >= 0.3 is 5.97 Å². The fourth-order valence-electron chi connectivity index (χ4n) is 1.97. The number of hydrogen-bond acceptors (Lipinski definition) is 5. The topological polar surface area (TPSA) is 98.5 Å². The van der Waals surface area contributed by atoms with E-state index in [0.717, 1.165) is 5.56 Å². The molecule has 0 saturated heterocycles. The van der Waals surface area contributed by atoms with Gasteiger partial charge in [-0.15, -0.1) is 0 Å². The Labute approximate surface area is 142 Å². The number of aryl methyl sites for hydroxylation is 1. The summed E-state index contributed by atoms with van der Waals surface area (Å²) in [5.74, 6) is -1.50. The largest absolute Gasteiger partial charge is 0.452 e. The molecular formula is C16H13ClN2O5. The second kappa shape index (κ2) is 7.56. The third kappa shape index (κ3) is 4.30. The lowest BCUT2D eigenvalue weighted by Crippen LogP contribution is -2.21. The molecule has 0 heterocycles. The number of rotatable bonds is 5. The summed E-state index contributed by atoms with van der Waals surface area (Å²) in [5, 5.41) is 14.0. The van der Waals surface area contributed by atoms with Crippen molar-refractivity contribution < 1.29 is 19.2 Å². The summed E-state index contributed by atoms with van der Waals surface area (Å²) in [6.45, 7) is 1.20. The van der Waals surface area contributed by atoms with Crippen molar-refractivity contribution in [3.05, 3.63) is 68.7 Å². The Morgan fingerprint density at radius 1 is 1.25 bits per heavy atom. The molecule has 0 aliphatic heterocycles. The van der Waals surface area contributed by atoms with E-state index in [9.17, 15) is 19.7 Å². The van der Waals surface area contributed by atoms with E-state index in [1.54, 1.807) is 25.1 Å². The van der Waals surface area contributed by atoms with Crippen molar-refractivity contribution in [3.63, 3.8) is 0 Å². The lowest BCUT2D eigenvalue weighted by Gasteiger charge is -2.09. The zero-order valence-electron chi connectivity index (χ0n) is 12.6. The van der Waals surface area contributed by atoms with E-state index in [-0.39, 0.29) is 11.3 Å². The highest BCUT2D eigenvalue weighted by Gasteiger charge is 2.21. The number of ether oxygens (including phenoxy) is 1. The number of halogens is 1. The summed E-state index contributed by atoms with van der Waals surface area (Å²) >= 11 is 5.83. The molecule has 2 rings (SSSR count). The zero-order valence-corrected chi connectivity index (χ0v) is 13.4. The first-order valence-corrected chi connectivity index (χ1v) is 7.23. The highest BCUT2D eigenvalue weighted by atomic mass is 35.5. The summed E-state index contributed by atoms with van der Waals surface area (Å²) in [6.07, 6.45) is 0. The van der Waals surface area contributed by atoms with Gasteiger partial charge in [0, 0.05) is 16.8 Å². The average Bonchev–Trinajstić information content (AvgIpc) is 2.55. The Morgan fingerprint density at radius 3 is 2.62 bits per heavy atom. The second-order valence-corrected chi connectivity index (χ2v) is 5.29. The van der Waals surface area contributed by atoms with Gasteiger partial charge in [0.25, 0.3) is 11.6 Å². The van der Waals surface area contributed by atoms with Crippen molar-refractivity contribution in [2.24, 2.45) is 0 Å². The van der Waals surface area contributed by atoms with E-state index in [4.69, 9.17) is 16.3 Å². The summed E-state index contributed by atoms with van der Waals surface area (Å²) in [7, 11) is 0. The van der Waals surface area contributed by atoms with Crippen LogP contribution >= 0.6 is 11.6 Å². The summed E-state index contributed by atoms with van der Waals surface area (Å²) in [6, 6.07) is 10.3. The van der Waals surface area contributed by atoms with Gasteiger partial charge in [-0.25, -0.2) is 4.79 Å². The molecule has 0 fully saturated rings. The summed E-state index contributed by atoms with van der Waals surface area (Å²) in [5.41, 5.74) is 0.696. The molecule has 0 aliphatic carbocycles. The number of benzene rings is 2. The van der Waals surface area contributed by atoms with Crippen molar-refractivity contribution in [2.45, 2.75) is 6.92 Å². The van der Waals surface area contributed by atoms with E-state index in [1.165, 1.54) is 24.3 Å². The van der Waals surface area contributed by atoms with E-state index in [0.29, 0.717) is 10.7 Å². The van der Waals surface area contributed by atoms with Crippen LogP contribution in [-0.2, 0) is 9.53 Å². The SMILES string of the molecule is Cc1cc(Cl)ccc1NC(=O)COC(=O)c1ccccc1[N+](=O)[O-]. The minimum Gasteiger partial charge on any atom is -0.452 e. The maximum Gasteiger partial charge on any atom is 0.345 e. The smallest absolute Gasteiger partial charge is 0.345 e. The Bertz CT molecular complexity index is 807. The van der Waals surface area contributed by atoms with Crippen molar-refractivity contribution in [3.8, 4) is 0 Å². The molecule has 0 bridgehead atoms. The van der Waals surface area contributed by atoms with Crippen LogP contribution in [0.1, 0.15) is 15.9 Å². The highest BCUT2D eigenvalue weighted by Crippen LogP contribution is 2.20. The minimum atomic E-state index is -0.940. The van der Waals surface area contributed by atoms with Crippen LogP contribution in [0.2, 0.25) is 5.02 Å². The first kappa shape index (κ1) is 17.4. The van der Waals surface area contributed by atoms with Crippen molar-refractivity contribution in [2.75, 3.05) is 11.9 Å². The summed E-state index contributed by atoms with van der Waals surface area (Å²) < 4.78 is 4.84. The Kier molecular flexibility index (Phi) is 5.49. The van der Waals surface area contributed by atoms with Gasteiger partial charge in [0.1, 0.15) is 5.56 Å². The van der Waals surface area contributed by atoms with E-state index < -0.39 is 23.4 Å². The van der Waals surface area contributed by atoms with Gasteiger partial charge in [0.05, 0.1) is 4.92 Å². The number of hydrogen-bond donors (Lipinski definition) is 1. The van der Waals surface area contributed by atoms with E-state index >= 15 is 0 Å². The fourth-order valence-corrected chi connectivity index (χ4v) is 2.19. The van der Waals surface area contributed by atoms with Crippen LogP contribution in [-0.4, -0.2) is 23.4 Å². The van der Waals surface area contributed by atoms with Gasteiger partial charge < -0.3 is 10.1 Å². The lowest BCUT2D eigenvalue weighted by atomic mass is 10.2. The zero-order chi connectivity index (χ0) is 17.7. The molecule has 8 heteroatoms. The number of carbonyl (C=O) groups is 2. The number of esters is 1. The van der Waals surface area contributed by atoms with Crippen LogP contribution in [0.3, 0.4) is 0 Å². The number of nitrogens with one attached hydrogen (secondary N) is 1. The van der Waals surface area contributed by atoms with Gasteiger partial charge in [0.15, 0.2) is 6.61 Å². The first-order valence-electron chi connectivity index (χ1n) is 6.85. The molecule has 0 radical (unpaired) electrons. The fraction of sp³-hybridized carbons (Fsp3) is 0.125. The molecule has 2 aromatic rings. The molecule has 1 amide bonds. The molecule has 2 aromatic carbocycles. The summed E-state index contributed by atoms with van der Waals surface area (Å²) in [4.78, 5) is 34.0. The van der Waals surface area contributed by atoms with Crippen LogP contribution in [0.25, 0.3) is 0 Å². The van der Waals surface area contributed by atoms with Crippen LogP contribution < -0.4 is 5.32 Å². The predicted molar refractivity (Wildman–Crippen MR) is 88.2 cm³/mol. The predicted octanol–water partition coefficient (Wildman–Crippen LogP) is 3.35. The van der Waals surface area contributed by atoms with Crippen molar-refractivity contribution in [1.29, 1.82) is 0 Å². The lowest BCUT2D eigenvalue weighted by molar-refractivity contribution is -0.385. The molecule has 0 unspecified atom stereocenters. The molecule has 0 spiro atoms. The number of anilines is 1. The van der Waals surface area contributed by atoms with Crippen LogP contribution in [0.4, 0.5) is 11.4 Å². The number of nitrogens with zero attached hydrogens (tertiary/aromatic N) is 1. The normalized spacial score (nSPS) is 10.1. The van der Waals surface area contributed by atoms with Gasteiger partial charge in [-0.05, 0) is 36.8 Å². The number of nitro benzene ring substituents is 1. The number of para-hydroxylation sites is 1. The quantitative estimate of drug-likeness (QED) is 0.507. The molecule has 24 heavy (non-hydrogen) atoms. The number of nitro groups is 1. The molecule has 7 nitrogen and oxygen atoms in total. The van der Waals surface area contributed by atoms with Crippen LogP contribution in [0.15, 0.2) is 42.5 Å². The molecule has 0 saturated carbocycles. The van der Waals surface area contributed by atoms with Gasteiger partial charge in [-0.1, -0.05) is 23.7 Å². The second-order valence-electron chi connectivity index (χ2n) is 4.86. The van der Waals surface area contributed by atoms with Crippen molar-refractivity contribution >= 4 is 34.9 Å². The molecular weight excluding hydrogens is 336 g/mol. The minimum absolute atomic E-state index is 0.210. The monoisotopic (exact) mass is 348 g/mol. The highest BCUT2D eigenvalue weighted by molar-refractivity contribution is 6.30. The average molecular weight is 349 g/mol. The van der Waals surface area contributed by atoms with E-state index in [2.05, 4.69) is 5.32 Å².